The normalized spacial score (nSPS) is 12.2. The largest absolute Gasteiger partial charge is 0.494 e. The minimum Gasteiger partial charge on any atom is -0.494 e. The van der Waals surface area contributed by atoms with Gasteiger partial charge in [0.15, 0.2) is 17.4 Å². The van der Waals surface area contributed by atoms with Crippen molar-refractivity contribution in [3.63, 3.8) is 0 Å². The molecule has 0 saturated carbocycles. The molecule has 4 aromatic rings. The van der Waals surface area contributed by atoms with E-state index < -0.39 is 0 Å². The molecule has 0 radical (unpaired) electrons. The van der Waals surface area contributed by atoms with Crippen molar-refractivity contribution in [3.8, 4) is 17.4 Å². The van der Waals surface area contributed by atoms with E-state index in [1.54, 1.807) is 14.2 Å². The Labute approximate surface area is 200 Å². The minimum atomic E-state index is -0.352. The Morgan fingerprint density at radius 3 is 2.15 bits per heavy atom. The van der Waals surface area contributed by atoms with Crippen molar-refractivity contribution in [2.75, 3.05) is 14.2 Å². The van der Waals surface area contributed by atoms with Crippen LogP contribution in [0.5, 0.6) is 17.4 Å². The second-order valence-corrected chi connectivity index (χ2v) is 8.34. The number of fused-ring (bicyclic) bond motifs is 1. The fraction of sp³-hybridized carbons (Fsp3) is 0.250. The Kier molecular flexibility index (Phi) is 6.61. The zero-order valence-electron chi connectivity index (χ0n) is 20.1. The molecule has 0 fully saturated rings. The number of aromatic hydroxyl groups is 1. The molecule has 0 spiro atoms. The highest BCUT2D eigenvalue weighted by atomic mass is 16.5. The molecule has 0 aliphatic heterocycles. The van der Waals surface area contributed by atoms with Gasteiger partial charge in [0.05, 0.1) is 36.7 Å². The van der Waals surface area contributed by atoms with Gasteiger partial charge in [0.25, 0.3) is 0 Å². The Morgan fingerprint density at radius 2 is 1.56 bits per heavy atom. The van der Waals surface area contributed by atoms with Gasteiger partial charge < -0.3 is 25.3 Å². The van der Waals surface area contributed by atoms with Crippen LogP contribution in [0.4, 0.5) is 5.69 Å². The van der Waals surface area contributed by atoms with Crippen molar-refractivity contribution in [1.82, 2.24) is 4.98 Å². The molecule has 4 N–H and O–H groups in total. The topological polar surface area (TPSA) is 92.9 Å². The zero-order valence-corrected chi connectivity index (χ0v) is 20.1. The van der Waals surface area contributed by atoms with Crippen molar-refractivity contribution >= 4 is 22.3 Å². The number of ether oxygens (including phenoxy) is 2. The number of hydrogen-bond donors (Lipinski definition) is 3. The molecule has 0 amide bonds. The summed E-state index contributed by atoms with van der Waals surface area (Å²) >= 11 is 0. The quantitative estimate of drug-likeness (QED) is 0.282. The van der Waals surface area contributed by atoms with Gasteiger partial charge >= 0.3 is 0 Å². The molecule has 3 aromatic carbocycles. The number of aromatic nitrogens is 1. The number of hydrogen-bond acceptors (Lipinski definition) is 5. The number of nitrogens with two attached hydrogens (primary N) is 1. The number of nitrogens with zero attached hydrogens (tertiary/aromatic N) is 1. The fourth-order valence-corrected chi connectivity index (χ4v) is 4.26. The van der Waals surface area contributed by atoms with Gasteiger partial charge in [-0.25, -0.2) is 4.99 Å². The van der Waals surface area contributed by atoms with E-state index in [9.17, 15) is 5.11 Å². The SMILES string of the molecule is CCC(N)(CC)c1ccc(N=C(c2ccccc2)c2c(O)[nH]c3cc(OC)c(OC)cc23)cc1. The summed E-state index contributed by atoms with van der Waals surface area (Å²) in [5.74, 6) is 1.18. The van der Waals surface area contributed by atoms with E-state index in [4.69, 9.17) is 20.2 Å². The minimum absolute atomic E-state index is 0.0301. The first kappa shape index (κ1) is 23.4. The van der Waals surface area contributed by atoms with Gasteiger partial charge in [-0.05, 0) is 36.6 Å². The average Bonchev–Trinajstić information content (AvgIpc) is 3.20. The highest BCUT2D eigenvalue weighted by Gasteiger charge is 2.23. The molecule has 0 unspecified atom stereocenters. The number of methoxy groups -OCH3 is 2. The van der Waals surface area contributed by atoms with Gasteiger partial charge in [0.2, 0.25) is 0 Å². The molecule has 6 heteroatoms. The Bertz CT molecular complexity index is 1300. The van der Waals surface area contributed by atoms with Crippen LogP contribution in [-0.2, 0) is 5.54 Å². The lowest BCUT2D eigenvalue weighted by Gasteiger charge is -2.27. The van der Waals surface area contributed by atoms with Gasteiger partial charge in [-0.2, -0.15) is 0 Å². The molecule has 1 aromatic heterocycles. The smallest absolute Gasteiger partial charge is 0.199 e. The van der Waals surface area contributed by atoms with Crippen LogP contribution in [0, 0.1) is 0 Å². The van der Waals surface area contributed by atoms with Gasteiger partial charge in [-0.3, -0.25) is 0 Å². The lowest BCUT2D eigenvalue weighted by molar-refractivity contribution is 0.356. The van der Waals surface area contributed by atoms with Crippen LogP contribution < -0.4 is 15.2 Å². The number of aromatic amines is 1. The summed E-state index contributed by atoms with van der Waals surface area (Å²) in [6.45, 7) is 4.21. The van der Waals surface area contributed by atoms with E-state index in [1.165, 1.54) is 0 Å². The summed E-state index contributed by atoms with van der Waals surface area (Å²) in [5, 5.41) is 11.7. The number of aliphatic imine (C=N–C) groups is 1. The van der Waals surface area contributed by atoms with Crippen molar-refractivity contribution in [3.05, 3.63) is 83.4 Å². The van der Waals surface area contributed by atoms with Crippen LogP contribution in [0.2, 0.25) is 0 Å². The van der Waals surface area contributed by atoms with E-state index in [0.717, 1.165) is 40.6 Å². The number of benzene rings is 3. The number of H-pyrrole nitrogens is 1. The second-order valence-electron chi connectivity index (χ2n) is 8.34. The lowest BCUT2D eigenvalue weighted by atomic mass is 9.86. The fourth-order valence-electron chi connectivity index (χ4n) is 4.26. The van der Waals surface area contributed by atoms with E-state index in [2.05, 4.69) is 18.8 Å². The predicted molar refractivity (Wildman–Crippen MR) is 138 cm³/mol. The summed E-state index contributed by atoms with van der Waals surface area (Å²) in [6, 6.07) is 21.5. The third kappa shape index (κ3) is 4.24. The monoisotopic (exact) mass is 457 g/mol. The standard InChI is InChI=1S/C28H31N3O3/c1-5-28(29,6-2)19-12-14-20(15-13-19)30-26(18-10-8-7-9-11-18)25-21-16-23(33-3)24(34-4)17-22(21)31-27(25)32/h7-17,31-32H,5-6,29H2,1-4H3. The summed E-state index contributed by atoms with van der Waals surface area (Å²) < 4.78 is 10.9. The third-order valence-electron chi connectivity index (χ3n) is 6.51. The summed E-state index contributed by atoms with van der Waals surface area (Å²) in [6.07, 6.45) is 1.71. The first-order valence-electron chi connectivity index (χ1n) is 11.4. The number of nitrogens with one attached hydrogen (secondary N) is 1. The summed E-state index contributed by atoms with van der Waals surface area (Å²) in [7, 11) is 3.18. The van der Waals surface area contributed by atoms with Crippen LogP contribution >= 0.6 is 0 Å². The molecule has 0 aliphatic rings. The Morgan fingerprint density at radius 1 is 0.941 bits per heavy atom. The molecule has 1 heterocycles. The first-order valence-corrected chi connectivity index (χ1v) is 11.4. The Balaban J connectivity index is 1.90. The molecule has 0 saturated heterocycles. The van der Waals surface area contributed by atoms with Crippen molar-refractivity contribution in [2.45, 2.75) is 32.2 Å². The second kappa shape index (κ2) is 9.61. The first-order chi connectivity index (χ1) is 16.4. The van der Waals surface area contributed by atoms with E-state index >= 15 is 0 Å². The van der Waals surface area contributed by atoms with Crippen LogP contribution in [0.15, 0.2) is 71.7 Å². The third-order valence-corrected chi connectivity index (χ3v) is 6.51. The van der Waals surface area contributed by atoms with Gasteiger partial charge in [0, 0.05) is 22.6 Å². The highest BCUT2D eigenvalue weighted by molar-refractivity contribution is 6.22. The van der Waals surface area contributed by atoms with Gasteiger partial charge in [-0.15, -0.1) is 0 Å². The van der Waals surface area contributed by atoms with Crippen LogP contribution in [0.1, 0.15) is 43.4 Å². The van der Waals surface area contributed by atoms with E-state index in [-0.39, 0.29) is 11.4 Å². The number of rotatable bonds is 8. The predicted octanol–water partition coefficient (Wildman–Crippen LogP) is 6.03. The van der Waals surface area contributed by atoms with Gasteiger partial charge in [-0.1, -0.05) is 56.3 Å². The molecule has 176 valence electrons. The molecule has 0 atom stereocenters. The maximum atomic E-state index is 11.0. The summed E-state index contributed by atoms with van der Waals surface area (Å²) in [4.78, 5) is 8.03. The van der Waals surface area contributed by atoms with Crippen molar-refractivity contribution in [1.29, 1.82) is 0 Å². The van der Waals surface area contributed by atoms with Crippen molar-refractivity contribution in [2.24, 2.45) is 10.7 Å². The Hall–Kier alpha value is -3.77. The lowest BCUT2D eigenvalue weighted by Crippen LogP contribution is -2.34. The molecule has 0 aliphatic carbocycles. The zero-order chi connectivity index (χ0) is 24.3. The molecule has 0 bridgehead atoms. The molecule has 4 rings (SSSR count). The highest BCUT2D eigenvalue weighted by Crippen LogP contribution is 2.38. The summed E-state index contributed by atoms with van der Waals surface area (Å²) in [5.41, 5.74) is 10.9. The maximum absolute atomic E-state index is 11.0. The van der Waals surface area contributed by atoms with Crippen LogP contribution in [-0.4, -0.2) is 30.0 Å². The van der Waals surface area contributed by atoms with E-state index in [1.807, 2.05) is 66.7 Å². The van der Waals surface area contributed by atoms with E-state index in [0.29, 0.717) is 22.8 Å². The molecule has 6 nitrogen and oxygen atoms in total. The molecular weight excluding hydrogens is 426 g/mol. The molecule has 34 heavy (non-hydrogen) atoms. The molecular formula is C28H31N3O3. The van der Waals surface area contributed by atoms with Crippen molar-refractivity contribution < 1.29 is 14.6 Å². The van der Waals surface area contributed by atoms with Gasteiger partial charge in [0.1, 0.15) is 0 Å². The maximum Gasteiger partial charge on any atom is 0.199 e. The average molecular weight is 458 g/mol. The van der Waals surface area contributed by atoms with Crippen LogP contribution in [0.25, 0.3) is 10.9 Å². The van der Waals surface area contributed by atoms with Crippen LogP contribution in [0.3, 0.4) is 0 Å².